The van der Waals surface area contributed by atoms with Crippen LogP contribution in [0.5, 0.6) is 0 Å². The van der Waals surface area contributed by atoms with Gasteiger partial charge in [0.15, 0.2) is 10.9 Å². The van der Waals surface area contributed by atoms with Gasteiger partial charge in [-0.05, 0) is 42.0 Å². The summed E-state index contributed by atoms with van der Waals surface area (Å²) in [6.45, 7) is 0.572. The Kier molecular flexibility index (Phi) is 5.67. The van der Waals surface area contributed by atoms with Crippen LogP contribution in [0.1, 0.15) is 5.56 Å². The summed E-state index contributed by atoms with van der Waals surface area (Å²) in [4.78, 5) is 17.0. The molecule has 3 heterocycles. The maximum atomic E-state index is 12.7. The molecule has 7 nitrogen and oxygen atoms in total. The lowest BCUT2D eigenvalue weighted by atomic mass is 10.2. The minimum absolute atomic E-state index is 0.125. The number of benzene rings is 2. The molecule has 0 aliphatic carbocycles. The van der Waals surface area contributed by atoms with Crippen LogP contribution in [0.2, 0.25) is 0 Å². The standard InChI is InChI=1S/C24H19N5O2S/c30-22(26-20-11-4-10-19-18(20)9-5-13-25-19)16-32-24-28-27-23(21-12-6-14-31-21)29(24)15-17-7-2-1-3-8-17/h1-14H,15-16H2,(H,26,30). The molecule has 0 aliphatic rings. The van der Waals surface area contributed by atoms with Crippen LogP contribution in [-0.4, -0.2) is 31.4 Å². The zero-order valence-electron chi connectivity index (χ0n) is 17.0. The Morgan fingerprint density at radius 3 is 2.72 bits per heavy atom. The molecule has 32 heavy (non-hydrogen) atoms. The molecule has 8 heteroatoms. The predicted octanol–water partition coefficient (Wildman–Crippen LogP) is 4.87. The number of hydrogen-bond donors (Lipinski definition) is 1. The zero-order chi connectivity index (χ0) is 21.8. The van der Waals surface area contributed by atoms with E-state index in [0.29, 0.717) is 23.3 Å². The number of carbonyl (C=O) groups excluding carboxylic acids is 1. The quantitative estimate of drug-likeness (QED) is 0.363. The van der Waals surface area contributed by atoms with Gasteiger partial charge in [-0.15, -0.1) is 10.2 Å². The van der Waals surface area contributed by atoms with Crippen LogP contribution in [0.4, 0.5) is 5.69 Å². The molecule has 0 saturated carbocycles. The Balaban J connectivity index is 1.35. The van der Waals surface area contributed by atoms with Crippen molar-refractivity contribution in [3.63, 3.8) is 0 Å². The second-order valence-electron chi connectivity index (χ2n) is 7.07. The van der Waals surface area contributed by atoms with Crippen LogP contribution in [0.25, 0.3) is 22.5 Å². The van der Waals surface area contributed by atoms with Crippen molar-refractivity contribution in [2.45, 2.75) is 11.7 Å². The lowest BCUT2D eigenvalue weighted by Gasteiger charge is -2.10. The third-order valence-electron chi connectivity index (χ3n) is 4.89. The third kappa shape index (κ3) is 4.26. The Hall–Kier alpha value is -3.91. The maximum absolute atomic E-state index is 12.7. The van der Waals surface area contributed by atoms with Gasteiger partial charge < -0.3 is 9.73 Å². The van der Waals surface area contributed by atoms with Crippen molar-refractivity contribution in [3.8, 4) is 11.6 Å². The first-order valence-corrected chi connectivity index (χ1v) is 11.0. The summed E-state index contributed by atoms with van der Waals surface area (Å²) in [6.07, 6.45) is 3.34. The van der Waals surface area contributed by atoms with E-state index in [4.69, 9.17) is 4.42 Å². The highest BCUT2D eigenvalue weighted by Crippen LogP contribution is 2.26. The highest BCUT2D eigenvalue weighted by molar-refractivity contribution is 7.99. The van der Waals surface area contributed by atoms with E-state index in [1.807, 2.05) is 77.4 Å². The molecule has 0 spiro atoms. The monoisotopic (exact) mass is 441 g/mol. The largest absolute Gasteiger partial charge is 0.461 e. The van der Waals surface area contributed by atoms with E-state index in [1.165, 1.54) is 11.8 Å². The summed E-state index contributed by atoms with van der Waals surface area (Å²) in [6, 6.07) is 23.2. The number of furan rings is 1. The van der Waals surface area contributed by atoms with E-state index < -0.39 is 0 Å². The molecule has 0 radical (unpaired) electrons. The second kappa shape index (κ2) is 9.07. The van der Waals surface area contributed by atoms with Gasteiger partial charge >= 0.3 is 0 Å². The van der Waals surface area contributed by atoms with E-state index in [1.54, 1.807) is 12.5 Å². The molecule has 5 rings (SSSR count). The number of rotatable bonds is 7. The van der Waals surface area contributed by atoms with Gasteiger partial charge in [0.1, 0.15) is 0 Å². The van der Waals surface area contributed by atoms with Crippen LogP contribution in [0.3, 0.4) is 0 Å². The van der Waals surface area contributed by atoms with Gasteiger partial charge in [0, 0.05) is 11.6 Å². The first-order valence-electron chi connectivity index (χ1n) is 10.1. The van der Waals surface area contributed by atoms with Gasteiger partial charge in [-0.3, -0.25) is 14.3 Å². The molecule has 0 saturated heterocycles. The maximum Gasteiger partial charge on any atom is 0.234 e. The van der Waals surface area contributed by atoms with Gasteiger partial charge in [0.05, 0.1) is 29.8 Å². The molecule has 3 aromatic heterocycles. The molecule has 0 aliphatic heterocycles. The number of anilines is 1. The Labute approximate surface area is 188 Å². The number of nitrogens with one attached hydrogen (secondary N) is 1. The Bertz CT molecular complexity index is 1340. The topological polar surface area (TPSA) is 85.8 Å². The summed E-state index contributed by atoms with van der Waals surface area (Å²) in [5, 5.41) is 13.2. The summed E-state index contributed by atoms with van der Waals surface area (Å²) < 4.78 is 7.51. The number of fused-ring (bicyclic) bond motifs is 1. The number of thioether (sulfide) groups is 1. The van der Waals surface area contributed by atoms with Gasteiger partial charge in [0.25, 0.3) is 0 Å². The van der Waals surface area contributed by atoms with Crippen molar-refractivity contribution in [2.24, 2.45) is 0 Å². The molecular weight excluding hydrogens is 422 g/mol. The lowest BCUT2D eigenvalue weighted by molar-refractivity contribution is -0.113. The molecule has 5 aromatic rings. The van der Waals surface area contributed by atoms with E-state index in [-0.39, 0.29) is 11.7 Å². The minimum Gasteiger partial charge on any atom is -0.461 e. The van der Waals surface area contributed by atoms with Gasteiger partial charge in [0.2, 0.25) is 11.7 Å². The highest BCUT2D eigenvalue weighted by atomic mass is 32.2. The molecular formula is C24H19N5O2S. The van der Waals surface area contributed by atoms with Crippen LogP contribution < -0.4 is 5.32 Å². The summed E-state index contributed by atoms with van der Waals surface area (Å²) >= 11 is 1.34. The average Bonchev–Trinajstić information content (AvgIpc) is 3.49. The van der Waals surface area contributed by atoms with Crippen molar-refractivity contribution < 1.29 is 9.21 Å². The third-order valence-corrected chi connectivity index (χ3v) is 5.86. The molecule has 2 aromatic carbocycles. The summed E-state index contributed by atoms with van der Waals surface area (Å²) in [5.74, 6) is 1.33. The number of nitrogens with zero attached hydrogens (tertiary/aromatic N) is 4. The number of carbonyl (C=O) groups is 1. The highest BCUT2D eigenvalue weighted by Gasteiger charge is 2.18. The first-order chi connectivity index (χ1) is 15.8. The molecule has 0 bridgehead atoms. The molecule has 0 fully saturated rings. The molecule has 0 atom stereocenters. The number of amides is 1. The van der Waals surface area contributed by atoms with Crippen molar-refractivity contribution >= 4 is 34.3 Å². The second-order valence-corrected chi connectivity index (χ2v) is 8.01. The normalized spacial score (nSPS) is 11.0. The fourth-order valence-electron chi connectivity index (χ4n) is 3.42. The molecule has 158 valence electrons. The fraction of sp³-hybridized carbons (Fsp3) is 0.0833. The number of aromatic nitrogens is 4. The molecule has 0 unspecified atom stereocenters. The van der Waals surface area contributed by atoms with Gasteiger partial charge in [-0.2, -0.15) is 0 Å². The van der Waals surface area contributed by atoms with Crippen molar-refractivity contribution in [3.05, 3.63) is 90.8 Å². The Morgan fingerprint density at radius 2 is 1.88 bits per heavy atom. The summed E-state index contributed by atoms with van der Waals surface area (Å²) in [5.41, 5.74) is 2.68. The van der Waals surface area contributed by atoms with E-state index in [2.05, 4.69) is 20.5 Å². The van der Waals surface area contributed by atoms with E-state index in [9.17, 15) is 4.79 Å². The number of hydrogen-bond acceptors (Lipinski definition) is 6. The Morgan fingerprint density at radius 1 is 0.969 bits per heavy atom. The molecule has 1 amide bonds. The first kappa shape index (κ1) is 20.0. The van der Waals surface area contributed by atoms with Crippen LogP contribution in [0, 0.1) is 0 Å². The number of pyridine rings is 1. The lowest BCUT2D eigenvalue weighted by Crippen LogP contribution is -2.15. The van der Waals surface area contributed by atoms with Crippen LogP contribution in [0.15, 0.2) is 94.8 Å². The van der Waals surface area contributed by atoms with E-state index in [0.717, 1.165) is 22.2 Å². The van der Waals surface area contributed by atoms with Crippen LogP contribution in [-0.2, 0) is 11.3 Å². The van der Waals surface area contributed by atoms with Gasteiger partial charge in [-0.25, -0.2) is 0 Å². The molecule has 1 N–H and O–H groups in total. The van der Waals surface area contributed by atoms with Crippen LogP contribution >= 0.6 is 11.8 Å². The average molecular weight is 442 g/mol. The minimum atomic E-state index is -0.125. The zero-order valence-corrected chi connectivity index (χ0v) is 17.8. The summed E-state index contributed by atoms with van der Waals surface area (Å²) in [7, 11) is 0. The van der Waals surface area contributed by atoms with Gasteiger partial charge in [-0.1, -0.05) is 48.2 Å². The smallest absolute Gasteiger partial charge is 0.234 e. The SMILES string of the molecule is O=C(CSc1nnc(-c2ccco2)n1Cc1ccccc1)Nc1cccc2ncccc12. The van der Waals surface area contributed by atoms with Crippen molar-refractivity contribution in [2.75, 3.05) is 11.1 Å². The van der Waals surface area contributed by atoms with Crippen molar-refractivity contribution in [1.82, 2.24) is 19.7 Å². The predicted molar refractivity (Wildman–Crippen MR) is 124 cm³/mol. The van der Waals surface area contributed by atoms with E-state index >= 15 is 0 Å². The van der Waals surface area contributed by atoms with Crippen molar-refractivity contribution in [1.29, 1.82) is 0 Å². The fourth-order valence-corrected chi connectivity index (χ4v) is 4.16.